The highest BCUT2D eigenvalue weighted by Crippen LogP contribution is 2.21. The lowest BCUT2D eigenvalue weighted by Crippen LogP contribution is -2.33. The normalized spacial score (nSPS) is 19.1. The Bertz CT molecular complexity index is 407. The maximum atomic E-state index is 9.96. The van der Waals surface area contributed by atoms with E-state index in [1.807, 2.05) is 12.1 Å². The maximum absolute atomic E-state index is 9.96. The van der Waals surface area contributed by atoms with Crippen LogP contribution in [0.3, 0.4) is 0 Å². The molecule has 0 aromatic heterocycles. The van der Waals surface area contributed by atoms with Gasteiger partial charge in [0.15, 0.2) is 0 Å². The zero-order chi connectivity index (χ0) is 14.4. The van der Waals surface area contributed by atoms with E-state index >= 15 is 0 Å². The number of halogens is 1. The Morgan fingerprint density at radius 3 is 2.85 bits per heavy atom. The van der Waals surface area contributed by atoms with Gasteiger partial charge in [-0.1, -0.05) is 40.9 Å². The van der Waals surface area contributed by atoms with Crippen molar-refractivity contribution in [3.05, 3.63) is 34.3 Å². The molecular formula is C16H24BrNO2. The van der Waals surface area contributed by atoms with E-state index in [0.29, 0.717) is 19.3 Å². The number of nitrogens with one attached hydrogen (secondary N) is 1. The van der Waals surface area contributed by atoms with E-state index in [2.05, 4.69) is 40.3 Å². The summed E-state index contributed by atoms with van der Waals surface area (Å²) < 4.78 is 6.80. The molecule has 0 aliphatic heterocycles. The van der Waals surface area contributed by atoms with Gasteiger partial charge in [-0.3, -0.25) is 0 Å². The fraction of sp³-hybridized carbons (Fsp3) is 0.625. The van der Waals surface area contributed by atoms with Gasteiger partial charge in [0.2, 0.25) is 0 Å². The van der Waals surface area contributed by atoms with Gasteiger partial charge in [-0.15, -0.1) is 0 Å². The number of hydrogen-bond acceptors (Lipinski definition) is 3. The molecular weight excluding hydrogens is 318 g/mol. The van der Waals surface area contributed by atoms with Gasteiger partial charge >= 0.3 is 0 Å². The van der Waals surface area contributed by atoms with Crippen LogP contribution in [0.4, 0.5) is 0 Å². The van der Waals surface area contributed by atoms with Gasteiger partial charge < -0.3 is 15.2 Å². The minimum absolute atomic E-state index is 0.216. The molecule has 1 aliphatic carbocycles. The van der Waals surface area contributed by atoms with Crippen LogP contribution in [0.5, 0.6) is 0 Å². The molecule has 2 atom stereocenters. The van der Waals surface area contributed by atoms with Crippen LogP contribution in [0.2, 0.25) is 0 Å². The minimum atomic E-state index is -0.440. The molecule has 1 saturated carbocycles. The van der Waals surface area contributed by atoms with E-state index in [1.165, 1.54) is 18.4 Å². The van der Waals surface area contributed by atoms with Gasteiger partial charge in [-0.05, 0) is 37.5 Å². The fourth-order valence-electron chi connectivity index (χ4n) is 2.57. The van der Waals surface area contributed by atoms with E-state index in [4.69, 9.17) is 4.74 Å². The largest absolute Gasteiger partial charge is 0.389 e. The van der Waals surface area contributed by atoms with E-state index in [0.717, 1.165) is 17.3 Å². The van der Waals surface area contributed by atoms with Gasteiger partial charge in [-0.2, -0.15) is 0 Å². The molecule has 20 heavy (non-hydrogen) atoms. The van der Waals surface area contributed by atoms with Crippen molar-refractivity contribution in [2.45, 2.75) is 50.9 Å². The third-order valence-corrected chi connectivity index (χ3v) is 4.33. The zero-order valence-corrected chi connectivity index (χ0v) is 13.6. The SMILES string of the molecule is C[C@@H](NCC(O)COC1CCCC1)c1cccc(Br)c1. The van der Waals surface area contributed by atoms with Crippen LogP contribution in [0.1, 0.15) is 44.2 Å². The highest BCUT2D eigenvalue weighted by molar-refractivity contribution is 9.10. The van der Waals surface area contributed by atoms with Crippen LogP contribution in [-0.2, 0) is 4.74 Å². The lowest BCUT2D eigenvalue weighted by molar-refractivity contribution is -0.00610. The van der Waals surface area contributed by atoms with Crippen molar-refractivity contribution < 1.29 is 9.84 Å². The van der Waals surface area contributed by atoms with Crippen molar-refractivity contribution in [1.29, 1.82) is 0 Å². The zero-order valence-electron chi connectivity index (χ0n) is 12.0. The van der Waals surface area contributed by atoms with Crippen molar-refractivity contribution in [2.24, 2.45) is 0 Å². The number of benzene rings is 1. The Balaban J connectivity index is 1.68. The molecule has 3 nitrogen and oxygen atoms in total. The van der Waals surface area contributed by atoms with Crippen molar-refractivity contribution in [3.63, 3.8) is 0 Å². The van der Waals surface area contributed by atoms with Crippen LogP contribution in [0, 0.1) is 0 Å². The summed E-state index contributed by atoms with van der Waals surface area (Å²) in [7, 11) is 0. The van der Waals surface area contributed by atoms with Crippen molar-refractivity contribution >= 4 is 15.9 Å². The summed E-state index contributed by atoms with van der Waals surface area (Å²) in [5, 5.41) is 13.3. The molecule has 0 radical (unpaired) electrons. The van der Waals surface area contributed by atoms with Crippen molar-refractivity contribution in [1.82, 2.24) is 5.32 Å². The van der Waals surface area contributed by atoms with E-state index in [1.54, 1.807) is 0 Å². The number of aliphatic hydroxyl groups is 1. The monoisotopic (exact) mass is 341 g/mol. The predicted octanol–water partition coefficient (Wildman–Crippen LogP) is 3.42. The third kappa shape index (κ3) is 5.17. The predicted molar refractivity (Wildman–Crippen MR) is 84.8 cm³/mol. The minimum Gasteiger partial charge on any atom is -0.389 e. The molecule has 0 heterocycles. The Labute approximate surface area is 129 Å². The first kappa shape index (κ1) is 16.0. The molecule has 4 heteroatoms. The molecule has 0 saturated heterocycles. The first-order valence-electron chi connectivity index (χ1n) is 7.43. The lowest BCUT2D eigenvalue weighted by Gasteiger charge is -2.19. The Morgan fingerprint density at radius 1 is 1.40 bits per heavy atom. The van der Waals surface area contributed by atoms with Crippen LogP contribution in [-0.4, -0.2) is 30.5 Å². The van der Waals surface area contributed by atoms with Crippen molar-refractivity contribution in [2.75, 3.05) is 13.2 Å². The Kier molecular flexibility index (Phi) is 6.49. The molecule has 1 aliphatic rings. The summed E-state index contributed by atoms with van der Waals surface area (Å²) in [6, 6.07) is 8.44. The second-order valence-corrected chi connectivity index (χ2v) is 6.49. The summed E-state index contributed by atoms with van der Waals surface area (Å²) in [4.78, 5) is 0. The van der Waals surface area contributed by atoms with E-state index < -0.39 is 6.10 Å². The molecule has 2 N–H and O–H groups in total. The highest BCUT2D eigenvalue weighted by Gasteiger charge is 2.17. The third-order valence-electron chi connectivity index (χ3n) is 3.83. The van der Waals surface area contributed by atoms with Crippen LogP contribution < -0.4 is 5.32 Å². The molecule has 0 amide bonds. The van der Waals surface area contributed by atoms with Gasteiger partial charge in [0, 0.05) is 17.1 Å². The summed E-state index contributed by atoms with van der Waals surface area (Å²) >= 11 is 3.48. The highest BCUT2D eigenvalue weighted by atomic mass is 79.9. The lowest BCUT2D eigenvalue weighted by atomic mass is 10.1. The molecule has 0 spiro atoms. The molecule has 0 bridgehead atoms. The van der Waals surface area contributed by atoms with Crippen molar-refractivity contribution in [3.8, 4) is 0 Å². The average Bonchev–Trinajstić information content (AvgIpc) is 2.95. The number of aliphatic hydroxyl groups excluding tert-OH is 1. The number of hydrogen-bond donors (Lipinski definition) is 2. The second kappa shape index (κ2) is 8.13. The first-order chi connectivity index (χ1) is 9.65. The second-order valence-electron chi connectivity index (χ2n) is 5.58. The van der Waals surface area contributed by atoms with Gasteiger partial charge in [0.25, 0.3) is 0 Å². The van der Waals surface area contributed by atoms with E-state index in [-0.39, 0.29) is 6.04 Å². The quantitative estimate of drug-likeness (QED) is 0.798. The van der Waals surface area contributed by atoms with Gasteiger partial charge in [0.05, 0.1) is 18.8 Å². The summed E-state index contributed by atoms with van der Waals surface area (Å²) in [5.41, 5.74) is 1.21. The number of ether oxygens (including phenoxy) is 1. The standard InChI is InChI=1S/C16H24BrNO2/c1-12(13-5-4-6-14(17)9-13)18-10-15(19)11-20-16-7-2-3-8-16/h4-6,9,12,15-16,18-19H,2-3,7-8,10-11H2,1H3/t12-,15?/m1/s1. The molecule has 1 aromatic rings. The fourth-order valence-corrected chi connectivity index (χ4v) is 2.98. The molecule has 112 valence electrons. The Hall–Kier alpha value is -0.420. The summed E-state index contributed by atoms with van der Waals surface area (Å²) in [6.45, 7) is 3.09. The van der Waals surface area contributed by atoms with Crippen LogP contribution >= 0.6 is 15.9 Å². The maximum Gasteiger partial charge on any atom is 0.0898 e. The summed E-state index contributed by atoms with van der Waals surface area (Å²) in [5.74, 6) is 0. The number of rotatable bonds is 7. The average molecular weight is 342 g/mol. The van der Waals surface area contributed by atoms with Gasteiger partial charge in [0.1, 0.15) is 0 Å². The Morgan fingerprint density at radius 2 is 2.15 bits per heavy atom. The van der Waals surface area contributed by atoms with Gasteiger partial charge in [-0.25, -0.2) is 0 Å². The smallest absolute Gasteiger partial charge is 0.0898 e. The van der Waals surface area contributed by atoms with E-state index in [9.17, 15) is 5.11 Å². The van der Waals surface area contributed by atoms with Crippen LogP contribution in [0.15, 0.2) is 28.7 Å². The summed E-state index contributed by atoms with van der Waals surface area (Å²) in [6.07, 6.45) is 4.75. The molecule has 1 fully saturated rings. The molecule has 1 aromatic carbocycles. The molecule has 1 unspecified atom stereocenters. The molecule has 2 rings (SSSR count). The van der Waals surface area contributed by atoms with Crippen LogP contribution in [0.25, 0.3) is 0 Å². The topological polar surface area (TPSA) is 41.5 Å². The first-order valence-corrected chi connectivity index (χ1v) is 8.23.